The van der Waals surface area contributed by atoms with Crippen LogP contribution in [0.15, 0.2) is 138 Å². The van der Waals surface area contributed by atoms with Crippen LogP contribution in [0.3, 0.4) is 0 Å². The van der Waals surface area contributed by atoms with Crippen LogP contribution in [0.1, 0.15) is 95.9 Å². The highest BCUT2D eigenvalue weighted by Crippen LogP contribution is 2.55. The molecule has 0 spiro atoms. The summed E-state index contributed by atoms with van der Waals surface area (Å²) in [6, 6.07) is 22.4. The number of carboxylic acids is 2. The van der Waals surface area contributed by atoms with Crippen molar-refractivity contribution in [1.29, 1.82) is 0 Å². The zero-order chi connectivity index (χ0) is 73.2. The third-order valence-electron chi connectivity index (χ3n) is 16.0. The van der Waals surface area contributed by atoms with E-state index in [1.54, 1.807) is 0 Å². The van der Waals surface area contributed by atoms with E-state index in [1.165, 1.54) is 111 Å². The number of carbonyl (C=O) groups is 4. The van der Waals surface area contributed by atoms with Crippen molar-refractivity contribution in [2.24, 2.45) is 64.6 Å². The molecule has 0 fully saturated rings. The molecule has 4 aromatic carbocycles. The number of carbonyl (C=O) groups excluding carboxylic acids is 2. The number of halogens is 12. The van der Waals surface area contributed by atoms with Gasteiger partial charge in [-0.2, -0.15) is 52.7 Å². The number of aliphatic carboxylic acids is 2. The number of ether oxygens (including phenoxy) is 2. The zero-order valence-electron chi connectivity index (χ0n) is 51.9. The largest absolute Gasteiger partial charge is 0.481 e. The molecule has 32 heteroatoms. The lowest BCUT2D eigenvalue weighted by atomic mass is 9.93. The molecule has 98 heavy (non-hydrogen) atoms. The van der Waals surface area contributed by atoms with Crippen molar-refractivity contribution in [2.45, 2.75) is 149 Å². The molecule has 8 rings (SSSR count). The van der Waals surface area contributed by atoms with Crippen molar-refractivity contribution in [2.75, 3.05) is 14.2 Å². The monoisotopic (exact) mass is 1390 g/mol. The molecule has 0 radical (unpaired) electrons. The lowest BCUT2D eigenvalue weighted by Crippen LogP contribution is -2.30. The summed E-state index contributed by atoms with van der Waals surface area (Å²) in [5.74, 6) is 1.72. The number of nitrogens with zero attached hydrogens (tertiary/aromatic N) is 8. The first-order chi connectivity index (χ1) is 45.9. The second-order valence-electron chi connectivity index (χ2n) is 22.5. The average molecular weight is 1390 g/mol. The van der Waals surface area contributed by atoms with Crippen LogP contribution < -0.4 is 0 Å². The Bertz CT molecular complexity index is 3440. The number of hydrogen-bond acceptors (Lipinski definition) is 18. The lowest BCUT2D eigenvalue weighted by molar-refractivity contribution is -0.166. The van der Waals surface area contributed by atoms with Crippen LogP contribution in [0.4, 0.5) is 52.7 Å². The number of carboxylic acid groups (broad SMARTS) is 2. The normalized spacial score (nSPS) is 17.6. The van der Waals surface area contributed by atoms with E-state index in [0.717, 1.165) is 0 Å². The van der Waals surface area contributed by atoms with Crippen molar-refractivity contribution in [3.8, 4) is 49.4 Å². The molecule has 0 aromatic heterocycles. The molecule has 4 aliphatic rings. The maximum atomic E-state index is 12.9. The van der Waals surface area contributed by atoms with Gasteiger partial charge in [0.15, 0.2) is 0 Å². The predicted molar refractivity (Wildman–Crippen MR) is 320 cm³/mol. The first-order valence-electron chi connectivity index (χ1n) is 29.4. The van der Waals surface area contributed by atoms with Crippen LogP contribution >= 0.6 is 0 Å². The highest BCUT2D eigenvalue weighted by molar-refractivity contribution is 5.74. The molecule has 4 heterocycles. The van der Waals surface area contributed by atoms with E-state index >= 15 is 0 Å². The molecule has 0 unspecified atom stereocenters. The molecule has 0 saturated heterocycles. The Morgan fingerprint density at radius 1 is 0.367 bits per heavy atom. The molecule has 4 aromatic rings. The van der Waals surface area contributed by atoms with E-state index in [1.807, 2.05) is 0 Å². The van der Waals surface area contributed by atoms with Gasteiger partial charge >= 0.3 is 71.2 Å². The van der Waals surface area contributed by atoms with Crippen LogP contribution in [0.25, 0.3) is 0 Å². The fourth-order valence-electron chi connectivity index (χ4n) is 9.79. The first kappa shape index (κ1) is 79.1. The van der Waals surface area contributed by atoms with Crippen LogP contribution in [0, 0.1) is 73.0 Å². The number of aliphatic hydroxyl groups excluding tert-OH is 4. The minimum atomic E-state index is -4.57. The van der Waals surface area contributed by atoms with Crippen molar-refractivity contribution >= 4 is 23.9 Å². The third-order valence-corrected chi connectivity index (χ3v) is 16.0. The number of esters is 2. The van der Waals surface area contributed by atoms with Gasteiger partial charge in [0.1, 0.15) is 0 Å². The molecular formula is C66H64F12N8O12. The van der Waals surface area contributed by atoms with Gasteiger partial charge in [0, 0.05) is 47.9 Å². The molecule has 0 saturated carbocycles. The van der Waals surface area contributed by atoms with Crippen LogP contribution in [-0.4, -0.2) is 118 Å². The Labute approximate surface area is 552 Å². The van der Waals surface area contributed by atoms with Gasteiger partial charge < -0.3 is 40.1 Å². The van der Waals surface area contributed by atoms with Gasteiger partial charge in [-0.3, -0.25) is 19.2 Å². The van der Waals surface area contributed by atoms with E-state index in [4.69, 9.17) is 35.9 Å². The van der Waals surface area contributed by atoms with Crippen molar-refractivity contribution in [3.63, 3.8) is 0 Å². The van der Waals surface area contributed by atoms with E-state index in [9.17, 15) is 92.3 Å². The molecule has 0 aliphatic carbocycles. The molecule has 524 valence electrons. The summed E-state index contributed by atoms with van der Waals surface area (Å²) >= 11 is 0. The van der Waals surface area contributed by atoms with Gasteiger partial charge in [-0.1, -0.05) is 97.1 Å². The predicted octanol–water partition coefficient (Wildman–Crippen LogP) is 11.7. The van der Waals surface area contributed by atoms with E-state index < -0.39 is 119 Å². The van der Waals surface area contributed by atoms with Gasteiger partial charge in [0.25, 0.3) is 0 Å². The zero-order valence-corrected chi connectivity index (χ0v) is 51.9. The fraction of sp³-hybridized carbons (Fsp3) is 0.455. The van der Waals surface area contributed by atoms with Gasteiger partial charge in [-0.25, -0.2) is 0 Å². The quantitative estimate of drug-likeness (QED) is 0.0176. The number of rotatable bonds is 28. The fourth-order valence-corrected chi connectivity index (χ4v) is 9.79. The molecule has 0 amide bonds. The Morgan fingerprint density at radius 2 is 0.541 bits per heavy atom. The summed E-state index contributed by atoms with van der Waals surface area (Å²) in [5.41, 5.74) is -7.27. The van der Waals surface area contributed by atoms with E-state index in [-0.39, 0.29) is 73.6 Å². The Hall–Kier alpha value is -9.60. The van der Waals surface area contributed by atoms with Gasteiger partial charge in [0.05, 0.1) is 62.3 Å². The summed E-state index contributed by atoms with van der Waals surface area (Å²) in [4.78, 5) is 45.2. The van der Waals surface area contributed by atoms with Crippen LogP contribution in [-0.2, 0) is 77.0 Å². The summed E-state index contributed by atoms with van der Waals surface area (Å²) in [7, 11) is 2.42. The van der Waals surface area contributed by atoms with Crippen LogP contribution in [0.5, 0.6) is 0 Å². The molecule has 6 N–H and O–H groups in total. The third kappa shape index (κ3) is 19.8. The summed E-state index contributed by atoms with van der Waals surface area (Å²) in [6.07, 6.45) is -0.0334. The number of methoxy groups -OCH3 is 2. The van der Waals surface area contributed by atoms with Crippen molar-refractivity contribution in [3.05, 3.63) is 142 Å². The highest BCUT2D eigenvalue weighted by atomic mass is 19.4. The molecule has 8 atom stereocenters. The summed E-state index contributed by atoms with van der Waals surface area (Å²) in [5, 5.41) is 83.1. The van der Waals surface area contributed by atoms with Gasteiger partial charge in [-0.15, -0.1) is 90.3 Å². The van der Waals surface area contributed by atoms with Crippen LogP contribution in [0.2, 0.25) is 0 Å². The Balaban J connectivity index is 0.000000236. The second kappa shape index (κ2) is 33.1. The number of benzene rings is 4. The molecule has 4 aliphatic heterocycles. The minimum absolute atomic E-state index is 0.0455. The minimum Gasteiger partial charge on any atom is -0.481 e. The molecule has 0 bridgehead atoms. The SMILES string of the molecule is C#CC[C@@H](C(=O)O)[C@@H](O)CCc1ccc(C2(C(F)(F)F)N=N2)cc1.C#CC[C@@H](C(=O)O)[C@H](O)CCc1ccc(C2(C(F)(F)F)N=N2)cc1.C#CC[C@@H](C(=O)OC)[C@@H](O)CCc1ccc(C2(C(F)(F)F)N=N2)cc1.C#CC[C@@H](C(=O)OC)[C@H](O)CCc1ccc(C2(C(F)(F)F)N=N2)cc1. The number of hydrogen-bond donors (Lipinski definition) is 6. The number of aliphatic hydroxyl groups is 4. The average Bonchev–Trinajstić information content (AvgIpc) is 1.60. The topological polar surface area (TPSA) is 307 Å². The molecule has 20 nitrogen and oxygen atoms in total. The van der Waals surface area contributed by atoms with Gasteiger partial charge in [-0.05, 0) is 73.6 Å². The first-order valence-corrected chi connectivity index (χ1v) is 29.4. The maximum absolute atomic E-state index is 12.9. The molecular weight excluding hydrogens is 1320 g/mol. The van der Waals surface area contributed by atoms with Gasteiger partial charge in [0.2, 0.25) is 0 Å². The summed E-state index contributed by atoms with van der Waals surface area (Å²) < 4.78 is 164. The Morgan fingerprint density at radius 3 is 0.684 bits per heavy atom. The second-order valence-corrected chi connectivity index (χ2v) is 22.5. The van der Waals surface area contributed by atoms with Crippen molar-refractivity contribution < 1.29 is 112 Å². The lowest BCUT2D eigenvalue weighted by Gasteiger charge is -2.19. The maximum Gasteiger partial charge on any atom is 0.442 e. The smallest absolute Gasteiger partial charge is 0.442 e. The number of alkyl halides is 12. The Kier molecular flexibility index (Phi) is 26.7. The standard InChI is InChI=1S/2C17H17F3N2O3.2C16H15F3N2O3/c2*1-3-4-13(15(24)25-2)14(23)10-7-11-5-8-12(9-6-11)16(21-22-16)17(18,19)20;2*1-2-3-12(14(23)24)13(22)9-6-10-4-7-11(8-5-10)15(20-21-15)16(17,18)19/h2*1,5-6,8-9,13-14,23H,4,7,10H2,2H3;2*1,4-5,7-8,12-13,22H,3,6,9H2,(H,23,24)/t13-,14+;13-,14-;12-,13+;12-,13-/m1111/s1. The number of aryl methyl sites for hydroxylation is 4. The van der Waals surface area contributed by atoms with E-state index in [2.05, 4.69) is 74.1 Å². The van der Waals surface area contributed by atoms with E-state index in [0.29, 0.717) is 47.9 Å². The highest BCUT2D eigenvalue weighted by Gasteiger charge is 2.67. The number of terminal acetylenes is 4. The summed E-state index contributed by atoms with van der Waals surface area (Å²) in [6.45, 7) is 0. The van der Waals surface area contributed by atoms with Crippen molar-refractivity contribution in [1.82, 2.24) is 0 Å².